The van der Waals surface area contributed by atoms with Crippen LogP contribution in [0.25, 0.3) is 0 Å². The number of aryl methyl sites for hydroxylation is 1. The fourth-order valence-electron chi connectivity index (χ4n) is 4.89. The molecule has 0 spiro atoms. The van der Waals surface area contributed by atoms with Crippen LogP contribution in [0.4, 0.5) is 0 Å². The molecule has 190 valence electrons. The topological polar surface area (TPSA) is 62.0 Å². The maximum absolute atomic E-state index is 6.00. The molecule has 5 rings (SSSR count). The Bertz CT molecular complexity index is 944. The lowest BCUT2D eigenvalue weighted by Gasteiger charge is -2.29. The van der Waals surface area contributed by atoms with Crippen molar-refractivity contribution in [2.75, 3.05) is 26.4 Å². The molecule has 4 unspecified atom stereocenters. The average Bonchev–Trinajstić information content (AvgIpc) is 3.79. The predicted octanol–water partition coefficient (Wildman–Crippen LogP) is 5.72. The van der Waals surface area contributed by atoms with Gasteiger partial charge in [-0.05, 0) is 93.2 Å². The summed E-state index contributed by atoms with van der Waals surface area (Å²) in [6.45, 7) is 8.78. The fourth-order valence-corrected chi connectivity index (χ4v) is 4.89. The third-order valence-electron chi connectivity index (χ3n) is 7.18. The van der Waals surface area contributed by atoms with E-state index in [1.165, 1.54) is 42.4 Å². The van der Waals surface area contributed by atoms with E-state index in [0.717, 1.165) is 24.7 Å². The van der Waals surface area contributed by atoms with Crippen LogP contribution in [0.5, 0.6) is 11.5 Å². The number of epoxide rings is 2. The molecule has 6 heteroatoms. The molecule has 2 heterocycles. The van der Waals surface area contributed by atoms with Crippen LogP contribution in [0.15, 0.2) is 42.5 Å². The van der Waals surface area contributed by atoms with E-state index in [1.807, 2.05) is 13.8 Å². The lowest BCUT2D eigenvalue weighted by atomic mass is 9.76. The van der Waals surface area contributed by atoms with Crippen molar-refractivity contribution in [3.05, 3.63) is 59.2 Å². The van der Waals surface area contributed by atoms with Crippen molar-refractivity contribution in [2.24, 2.45) is 0 Å². The van der Waals surface area contributed by atoms with Crippen molar-refractivity contribution in [1.82, 2.24) is 0 Å². The molecular weight excluding hydrogens is 444 g/mol. The summed E-state index contributed by atoms with van der Waals surface area (Å²) in [5.41, 5.74) is 3.99. The Morgan fingerprint density at radius 2 is 1.26 bits per heavy atom. The number of rotatable bonds is 12. The van der Waals surface area contributed by atoms with Gasteiger partial charge < -0.3 is 28.4 Å². The van der Waals surface area contributed by atoms with Gasteiger partial charge in [-0.25, -0.2) is 0 Å². The third kappa shape index (κ3) is 7.20. The highest BCUT2D eigenvalue weighted by Crippen LogP contribution is 2.41. The monoisotopic (exact) mass is 482 g/mol. The summed E-state index contributed by atoms with van der Waals surface area (Å²) in [6.07, 6.45) is 4.79. The van der Waals surface area contributed by atoms with Crippen LogP contribution in [0.2, 0.25) is 0 Å². The molecule has 0 aromatic heterocycles. The Kier molecular flexibility index (Phi) is 7.93. The minimum absolute atomic E-state index is 0.252. The minimum Gasteiger partial charge on any atom is -0.465 e. The second-order valence-corrected chi connectivity index (χ2v) is 10.1. The summed E-state index contributed by atoms with van der Waals surface area (Å²) in [7, 11) is 0. The fraction of sp³-hybridized carbons (Fsp3) is 0.586. The van der Waals surface area contributed by atoms with Gasteiger partial charge in [-0.2, -0.15) is 0 Å². The van der Waals surface area contributed by atoms with Crippen LogP contribution in [0.1, 0.15) is 68.1 Å². The first-order valence-electron chi connectivity index (χ1n) is 13.0. The van der Waals surface area contributed by atoms with Crippen molar-refractivity contribution in [3.63, 3.8) is 0 Å². The van der Waals surface area contributed by atoms with E-state index >= 15 is 0 Å². The molecule has 0 N–H and O–H groups in total. The largest absolute Gasteiger partial charge is 0.465 e. The Labute approximate surface area is 208 Å². The average molecular weight is 483 g/mol. The van der Waals surface area contributed by atoms with Gasteiger partial charge in [0.1, 0.15) is 23.7 Å². The maximum atomic E-state index is 6.00. The van der Waals surface area contributed by atoms with Gasteiger partial charge in [0.25, 0.3) is 0 Å². The van der Waals surface area contributed by atoms with E-state index in [9.17, 15) is 0 Å². The molecule has 0 bridgehead atoms. The van der Waals surface area contributed by atoms with Crippen LogP contribution in [0, 0.1) is 6.92 Å². The van der Waals surface area contributed by atoms with E-state index in [2.05, 4.69) is 49.4 Å². The molecule has 2 aromatic carbocycles. The Balaban J connectivity index is 1.08. The van der Waals surface area contributed by atoms with E-state index in [0.29, 0.717) is 25.0 Å². The van der Waals surface area contributed by atoms with Crippen LogP contribution >= 0.6 is 0 Å². The molecule has 0 radical (unpaired) electrons. The van der Waals surface area contributed by atoms with Gasteiger partial charge in [0.15, 0.2) is 12.6 Å². The van der Waals surface area contributed by atoms with Crippen LogP contribution < -0.4 is 9.47 Å². The quantitative estimate of drug-likeness (QED) is 0.285. The predicted molar refractivity (Wildman–Crippen MR) is 133 cm³/mol. The lowest BCUT2D eigenvalue weighted by Crippen LogP contribution is -2.19. The molecule has 35 heavy (non-hydrogen) atoms. The van der Waals surface area contributed by atoms with Gasteiger partial charge in [-0.15, -0.1) is 0 Å². The maximum Gasteiger partial charge on any atom is 0.197 e. The zero-order valence-electron chi connectivity index (χ0n) is 21.1. The van der Waals surface area contributed by atoms with Crippen molar-refractivity contribution < 1.29 is 28.4 Å². The summed E-state index contributed by atoms with van der Waals surface area (Å²) in [6, 6.07) is 15.2. The van der Waals surface area contributed by atoms with Gasteiger partial charge in [-0.3, -0.25) is 0 Å². The van der Waals surface area contributed by atoms with Gasteiger partial charge in [0.05, 0.1) is 26.4 Å². The summed E-state index contributed by atoms with van der Waals surface area (Å²) in [5, 5.41) is 0. The zero-order chi connectivity index (χ0) is 24.2. The van der Waals surface area contributed by atoms with Crippen molar-refractivity contribution in [2.45, 2.75) is 83.1 Å². The van der Waals surface area contributed by atoms with Crippen LogP contribution in [-0.4, -0.2) is 51.2 Å². The zero-order valence-corrected chi connectivity index (χ0v) is 21.1. The van der Waals surface area contributed by atoms with Crippen molar-refractivity contribution in [3.8, 4) is 11.5 Å². The molecule has 6 nitrogen and oxygen atoms in total. The SMILES string of the molecule is Cc1cc(C2CCC(c3ccc(OC(C)OCC4CO4)cc3)CC2)ccc1OC(C)OCC1CO1. The number of ether oxygens (including phenoxy) is 6. The van der Waals surface area contributed by atoms with Crippen molar-refractivity contribution in [1.29, 1.82) is 0 Å². The molecule has 3 aliphatic rings. The highest BCUT2D eigenvalue weighted by molar-refractivity contribution is 5.38. The molecule has 4 atom stereocenters. The molecular formula is C29H38O6. The van der Waals surface area contributed by atoms with Gasteiger partial charge in [0.2, 0.25) is 0 Å². The molecule has 1 saturated carbocycles. The highest BCUT2D eigenvalue weighted by Gasteiger charge is 2.26. The Hall–Kier alpha value is -2.12. The molecule has 2 saturated heterocycles. The van der Waals surface area contributed by atoms with Crippen LogP contribution in [0.3, 0.4) is 0 Å². The van der Waals surface area contributed by atoms with Gasteiger partial charge in [0, 0.05) is 0 Å². The third-order valence-corrected chi connectivity index (χ3v) is 7.18. The van der Waals surface area contributed by atoms with E-state index in [-0.39, 0.29) is 24.8 Å². The first-order valence-corrected chi connectivity index (χ1v) is 13.0. The standard InChI is InChI=1S/C29H38O6/c1-19-14-25(10-13-29(19)35-21(3)31-16-28-18-33-28)24-6-4-22(5-7-24)23-8-11-26(12-9-23)34-20(2)30-15-27-17-32-27/h8-14,20-22,24,27-28H,4-7,15-18H2,1-3H3. The Morgan fingerprint density at radius 3 is 1.80 bits per heavy atom. The first kappa shape index (κ1) is 24.6. The number of benzene rings is 2. The van der Waals surface area contributed by atoms with E-state index in [4.69, 9.17) is 28.4 Å². The van der Waals surface area contributed by atoms with Crippen molar-refractivity contribution >= 4 is 0 Å². The van der Waals surface area contributed by atoms with Gasteiger partial charge >= 0.3 is 0 Å². The van der Waals surface area contributed by atoms with E-state index in [1.54, 1.807) is 0 Å². The molecule has 3 fully saturated rings. The second kappa shape index (κ2) is 11.3. The van der Waals surface area contributed by atoms with Crippen LogP contribution in [-0.2, 0) is 18.9 Å². The summed E-state index contributed by atoms with van der Waals surface area (Å²) < 4.78 is 33.6. The number of hydrogen-bond donors (Lipinski definition) is 0. The summed E-state index contributed by atoms with van der Waals surface area (Å²) >= 11 is 0. The smallest absolute Gasteiger partial charge is 0.197 e. The minimum atomic E-state index is -0.274. The first-order chi connectivity index (χ1) is 17.0. The summed E-state index contributed by atoms with van der Waals surface area (Å²) in [5.74, 6) is 2.97. The number of hydrogen-bond acceptors (Lipinski definition) is 6. The normalized spacial score (nSPS) is 27.2. The van der Waals surface area contributed by atoms with E-state index < -0.39 is 0 Å². The summed E-state index contributed by atoms with van der Waals surface area (Å²) in [4.78, 5) is 0. The molecule has 0 amide bonds. The van der Waals surface area contributed by atoms with Gasteiger partial charge in [-0.1, -0.05) is 24.3 Å². The molecule has 2 aliphatic heterocycles. The highest BCUT2D eigenvalue weighted by atomic mass is 16.7. The lowest BCUT2D eigenvalue weighted by molar-refractivity contribution is -0.0713. The molecule has 1 aliphatic carbocycles. The molecule has 2 aromatic rings. The Morgan fingerprint density at radius 1 is 0.743 bits per heavy atom. The second-order valence-electron chi connectivity index (χ2n) is 10.1.